The molecule has 1 rings (SSSR count). The van der Waals surface area contributed by atoms with Crippen molar-refractivity contribution in [3.63, 3.8) is 0 Å². The Kier molecular flexibility index (Phi) is 6.84. The zero-order valence-electron chi connectivity index (χ0n) is 11.9. The third kappa shape index (κ3) is 6.57. The molecule has 1 unspecified atom stereocenters. The number of aliphatic carboxylic acids is 1. The predicted octanol–water partition coefficient (Wildman–Crippen LogP) is 1.38. The summed E-state index contributed by atoms with van der Waals surface area (Å²) in [6.45, 7) is 5.95. The molecule has 1 aliphatic heterocycles. The molecule has 0 bridgehead atoms. The van der Waals surface area contributed by atoms with Crippen molar-refractivity contribution < 1.29 is 14.7 Å². The van der Waals surface area contributed by atoms with Gasteiger partial charge in [0.05, 0.1) is 0 Å². The summed E-state index contributed by atoms with van der Waals surface area (Å²) in [5, 5.41) is 15.0. The van der Waals surface area contributed by atoms with Gasteiger partial charge in [0.25, 0.3) is 0 Å². The number of carboxylic acid groups (broad SMARTS) is 1. The molecule has 5 nitrogen and oxygen atoms in total. The van der Waals surface area contributed by atoms with Crippen LogP contribution in [0.5, 0.6) is 0 Å². The Balaban J connectivity index is 2.29. The summed E-state index contributed by atoms with van der Waals surface area (Å²) in [4.78, 5) is 22.8. The summed E-state index contributed by atoms with van der Waals surface area (Å²) in [6, 6.07) is -0.753. The molecule has 0 aromatic carbocycles. The van der Waals surface area contributed by atoms with Gasteiger partial charge in [0.15, 0.2) is 0 Å². The summed E-state index contributed by atoms with van der Waals surface area (Å²) in [6.07, 6.45) is 4.07. The van der Waals surface area contributed by atoms with Crippen molar-refractivity contribution >= 4 is 11.9 Å². The second-order valence-corrected chi connectivity index (χ2v) is 5.84. The highest BCUT2D eigenvalue weighted by atomic mass is 16.4. The molecule has 3 N–H and O–H groups in total. The fourth-order valence-electron chi connectivity index (χ4n) is 2.46. The van der Waals surface area contributed by atoms with Gasteiger partial charge >= 0.3 is 5.97 Å². The van der Waals surface area contributed by atoms with Gasteiger partial charge in [-0.15, -0.1) is 0 Å². The molecule has 110 valence electrons. The maximum atomic E-state index is 11.8. The first-order chi connectivity index (χ1) is 8.99. The minimum Gasteiger partial charge on any atom is -0.480 e. The molecule has 0 saturated carbocycles. The van der Waals surface area contributed by atoms with Gasteiger partial charge in [0, 0.05) is 6.42 Å². The molecule has 1 saturated heterocycles. The van der Waals surface area contributed by atoms with Crippen LogP contribution in [0.2, 0.25) is 0 Å². The smallest absolute Gasteiger partial charge is 0.326 e. The predicted molar refractivity (Wildman–Crippen MR) is 73.8 cm³/mol. The van der Waals surface area contributed by atoms with Crippen LogP contribution in [0, 0.1) is 11.8 Å². The molecule has 1 amide bonds. The van der Waals surface area contributed by atoms with E-state index >= 15 is 0 Å². The van der Waals surface area contributed by atoms with E-state index in [1.807, 2.05) is 13.8 Å². The Morgan fingerprint density at radius 3 is 2.68 bits per heavy atom. The minimum absolute atomic E-state index is 0.140. The maximum Gasteiger partial charge on any atom is 0.326 e. The van der Waals surface area contributed by atoms with E-state index in [0.29, 0.717) is 18.8 Å². The number of hydrogen-bond donors (Lipinski definition) is 3. The molecule has 0 aromatic rings. The number of piperidine rings is 1. The summed E-state index contributed by atoms with van der Waals surface area (Å²) >= 11 is 0. The lowest BCUT2D eigenvalue weighted by molar-refractivity contribution is -0.142. The van der Waals surface area contributed by atoms with E-state index in [9.17, 15) is 9.59 Å². The van der Waals surface area contributed by atoms with E-state index < -0.39 is 12.0 Å². The number of nitrogens with one attached hydrogen (secondary N) is 2. The molecule has 0 spiro atoms. The van der Waals surface area contributed by atoms with Crippen LogP contribution in [-0.4, -0.2) is 36.1 Å². The molecule has 1 fully saturated rings. The average molecular weight is 270 g/mol. The van der Waals surface area contributed by atoms with Gasteiger partial charge in [-0.3, -0.25) is 4.79 Å². The van der Waals surface area contributed by atoms with Crippen LogP contribution in [0.15, 0.2) is 0 Å². The topological polar surface area (TPSA) is 78.4 Å². The third-order valence-electron chi connectivity index (χ3n) is 3.52. The standard InChI is InChI=1S/C14H26N2O3/c1-10(2)8-12(14(18)19)16-13(17)6-5-11-4-3-7-15-9-11/h10-12,15H,3-9H2,1-2H3,(H,16,17)(H,18,19)/t11?,12-/m1/s1. The van der Waals surface area contributed by atoms with Gasteiger partial charge in [0.2, 0.25) is 5.91 Å². The van der Waals surface area contributed by atoms with Crippen molar-refractivity contribution in [3.8, 4) is 0 Å². The van der Waals surface area contributed by atoms with Crippen LogP contribution in [0.3, 0.4) is 0 Å². The summed E-state index contributed by atoms with van der Waals surface area (Å²) in [5.74, 6) is -0.281. The maximum absolute atomic E-state index is 11.8. The van der Waals surface area contributed by atoms with Crippen LogP contribution in [-0.2, 0) is 9.59 Å². The largest absolute Gasteiger partial charge is 0.480 e. The van der Waals surface area contributed by atoms with Gasteiger partial charge in [-0.2, -0.15) is 0 Å². The molecule has 0 radical (unpaired) electrons. The van der Waals surface area contributed by atoms with Crippen molar-refractivity contribution in [2.45, 2.75) is 52.0 Å². The molecule has 2 atom stereocenters. The first-order valence-corrected chi connectivity index (χ1v) is 7.22. The molecule has 0 aliphatic carbocycles. The monoisotopic (exact) mass is 270 g/mol. The highest BCUT2D eigenvalue weighted by Gasteiger charge is 2.21. The molecular weight excluding hydrogens is 244 g/mol. The van der Waals surface area contributed by atoms with Crippen LogP contribution in [0.25, 0.3) is 0 Å². The normalized spacial score (nSPS) is 21.1. The third-order valence-corrected chi connectivity index (χ3v) is 3.52. The van der Waals surface area contributed by atoms with Crippen molar-refractivity contribution in [1.29, 1.82) is 0 Å². The van der Waals surface area contributed by atoms with E-state index in [1.165, 1.54) is 0 Å². The number of hydrogen-bond acceptors (Lipinski definition) is 3. The summed E-state index contributed by atoms with van der Waals surface area (Å²) in [7, 11) is 0. The van der Waals surface area contributed by atoms with E-state index in [-0.39, 0.29) is 11.8 Å². The zero-order chi connectivity index (χ0) is 14.3. The zero-order valence-corrected chi connectivity index (χ0v) is 11.9. The summed E-state index contributed by atoms with van der Waals surface area (Å²) < 4.78 is 0. The number of amides is 1. The van der Waals surface area contributed by atoms with E-state index in [4.69, 9.17) is 5.11 Å². The molecular formula is C14H26N2O3. The lowest BCUT2D eigenvalue weighted by atomic mass is 9.94. The first kappa shape index (κ1) is 16.0. The minimum atomic E-state index is -0.943. The van der Waals surface area contributed by atoms with Crippen molar-refractivity contribution in [2.24, 2.45) is 11.8 Å². The van der Waals surface area contributed by atoms with Crippen LogP contribution < -0.4 is 10.6 Å². The van der Waals surface area contributed by atoms with Crippen LogP contribution >= 0.6 is 0 Å². The fourth-order valence-corrected chi connectivity index (χ4v) is 2.46. The first-order valence-electron chi connectivity index (χ1n) is 7.22. The van der Waals surface area contributed by atoms with Gasteiger partial charge in [-0.1, -0.05) is 13.8 Å². The van der Waals surface area contributed by atoms with Gasteiger partial charge in [-0.25, -0.2) is 4.79 Å². The lowest BCUT2D eigenvalue weighted by Gasteiger charge is -2.23. The van der Waals surface area contributed by atoms with E-state index in [0.717, 1.165) is 32.4 Å². The second kappa shape index (κ2) is 8.15. The fraction of sp³-hybridized carbons (Fsp3) is 0.857. The van der Waals surface area contributed by atoms with Crippen LogP contribution in [0.1, 0.15) is 46.0 Å². The van der Waals surface area contributed by atoms with Crippen molar-refractivity contribution in [2.75, 3.05) is 13.1 Å². The average Bonchev–Trinajstić information content (AvgIpc) is 2.36. The second-order valence-electron chi connectivity index (χ2n) is 5.84. The number of rotatable bonds is 7. The Bertz CT molecular complexity index is 299. The highest BCUT2D eigenvalue weighted by molar-refractivity contribution is 5.83. The van der Waals surface area contributed by atoms with Crippen LogP contribution in [0.4, 0.5) is 0 Å². The van der Waals surface area contributed by atoms with Crippen molar-refractivity contribution in [3.05, 3.63) is 0 Å². The number of carbonyl (C=O) groups is 2. The van der Waals surface area contributed by atoms with Crippen molar-refractivity contribution in [1.82, 2.24) is 10.6 Å². The molecule has 19 heavy (non-hydrogen) atoms. The van der Waals surface area contributed by atoms with Gasteiger partial charge in [-0.05, 0) is 50.6 Å². The van der Waals surface area contributed by atoms with Gasteiger partial charge in [0.1, 0.15) is 6.04 Å². The Morgan fingerprint density at radius 2 is 2.16 bits per heavy atom. The quantitative estimate of drug-likeness (QED) is 0.653. The molecule has 0 aromatic heterocycles. The molecule has 5 heteroatoms. The van der Waals surface area contributed by atoms with E-state index in [1.54, 1.807) is 0 Å². The number of carbonyl (C=O) groups excluding carboxylic acids is 1. The lowest BCUT2D eigenvalue weighted by Crippen LogP contribution is -2.42. The molecule has 1 aliphatic rings. The SMILES string of the molecule is CC(C)C[C@@H](NC(=O)CCC1CCCNC1)C(=O)O. The Morgan fingerprint density at radius 1 is 1.42 bits per heavy atom. The Hall–Kier alpha value is -1.10. The van der Waals surface area contributed by atoms with Gasteiger partial charge < -0.3 is 15.7 Å². The van der Waals surface area contributed by atoms with E-state index in [2.05, 4.69) is 10.6 Å². The Labute approximate surface area is 115 Å². The number of carboxylic acids is 1. The summed E-state index contributed by atoms with van der Waals surface area (Å²) in [5.41, 5.74) is 0. The molecule has 1 heterocycles. The highest BCUT2D eigenvalue weighted by Crippen LogP contribution is 2.16.